The molecule has 34 valence electrons. The van der Waals surface area contributed by atoms with Crippen molar-refractivity contribution in [2.75, 3.05) is 0 Å². The number of primary amides is 1. The fourth-order valence-electron chi connectivity index (χ4n) is 0. The van der Waals surface area contributed by atoms with E-state index in [0.29, 0.717) is 0 Å². The molecule has 0 saturated heterocycles. The summed E-state index contributed by atoms with van der Waals surface area (Å²) in [6.45, 7) is 0. The van der Waals surface area contributed by atoms with Gasteiger partial charge >= 0.3 is 35.7 Å². The predicted octanol–water partition coefficient (Wildman–Crippen LogP) is -2.84. The fourth-order valence-corrected chi connectivity index (χ4v) is 0. The summed E-state index contributed by atoms with van der Waals surface area (Å²) >= 11 is 0. The third-order valence-electron chi connectivity index (χ3n) is 0. The number of nitrogens with two attached hydrogens (primary N) is 1. The van der Waals surface area contributed by atoms with Crippen molar-refractivity contribution in [1.82, 2.24) is 0 Å². The van der Waals surface area contributed by atoms with Crippen LogP contribution in [0.15, 0.2) is 0 Å². The smallest absolute Gasteiger partial charge is 1.00 e. The van der Waals surface area contributed by atoms with E-state index in [1.807, 2.05) is 0 Å². The van der Waals surface area contributed by atoms with Crippen LogP contribution in [0, 0.1) is 0 Å². The van der Waals surface area contributed by atoms with Gasteiger partial charge in [-0.2, -0.15) is 0 Å². The van der Waals surface area contributed by atoms with Crippen LogP contribution in [-0.2, 0) is 0 Å². The molecule has 0 unspecified atom stereocenters. The molecule has 0 radical (unpaired) electrons. The molecule has 0 saturated carbocycles. The first-order chi connectivity index (χ1) is 1.73. The van der Waals surface area contributed by atoms with E-state index >= 15 is 0 Å². The first kappa shape index (κ1) is 16.0. The van der Waals surface area contributed by atoms with E-state index < -0.39 is 6.09 Å². The second-order valence-corrected chi connectivity index (χ2v) is 0.338. The Bertz CT molecular complexity index is 40.7. The fraction of sp³-hybridized carbons (Fsp3) is 0. The van der Waals surface area contributed by atoms with Crippen LogP contribution in [0.25, 0.3) is 0 Å². The zero-order valence-corrected chi connectivity index (χ0v) is 6.16. The van der Waals surface area contributed by atoms with Crippen LogP contribution >= 0.6 is 12.4 Å². The number of halogens is 1. The molecule has 5 heteroatoms. The Labute approximate surface area is 65.1 Å². The van der Waals surface area contributed by atoms with Crippen molar-refractivity contribution in [1.29, 1.82) is 0 Å². The number of rotatable bonds is 0. The predicted molar refractivity (Wildman–Crippen MR) is 20.6 cm³/mol. The summed E-state index contributed by atoms with van der Waals surface area (Å²) in [4.78, 5) is 8.78. The van der Waals surface area contributed by atoms with Crippen molar-refractivity contribution < 1.29 is 40.9 Å². The van der Waals surface area contributed by atoms with Crippen molar-refractivity contribution in [2.45, 2.75) is 0 Å². The molecule has 0 aliphatic rings. The van der Waals surface area contributed by atoms with Crippen molar-refractivity contribution in [3.8, 4) is 0 Å². The maximum atomic E-state index is 8.78. The van der Waals surface area contributed by atoms with Gasteiger partial charge in [0.2, 0.25) is 0 Å². The maximum absolute atomic E-state index is 8.78. The Hall–Kier alpha value is 0.560. The Morgan fingerprint density at radius 2 is 1.83 bits per heavy atom. The molecule has 6 heavy (non-hydrogen) atoms. The van der Waals surface area contributed by atoms with Gasteiger partial charge in [0.25, 0.3) is 0 Å². The van der Waals surface area contributed by atoms with Crippen LogP contribution in [0.2, 0.25) is 0 Å². The van der Waals surface area contributed by atoms with Gasteiger partial charge in [-0.25, -0.2) is 4.79 Å². The Balaban J connectivity index is -0.0000000150. The summed E-state index contributed by atoms with van der Waals surface area (Å²) in [5, 5.41) is 7.19. The van der Waals surface area contributed by atoms with Crippen LogP contribution in [0.3, 0.4) is 0 Å². The van der Waals surface area contributed by atoms with Crippen LogP contribution in [0.5, 0.6) is 0 Å². The minimum Gasteiger partial charge on any atom is -1.00 e. The standard InChI is InChI=1S/CH3NO2.ClH.Na.H/c2-1(3)4;;;/h2H2,(H,3,4);1H;;/q;;+1;-1. The molecule has 0 aromatic rings. The van der Waals surface area contributed by atoms with Crippen molar-refractivity contribution in [3.05, 3.63) is 0 Å². The molecule has 3 N–H and O–H groups in total. The number of amides is 1. The van der Waals surface area contributed by atoms with E-state index in [4.69, 9.17) is 9.90 Å². The van der Waals surface area contributed by atoms with E-state index in [0.717, 1.165) is 0 Å². The molecule has 0 fully saturated rings. The average molecular weight is 121 g/mol. The third-order valence-corrected chi connectivity index (χ3v) is 0. The third kappa shape index (κ3) is 184. The average Bonchev–Trinajstić information content (AvgIpc) is 0.811. The van der Waals surface area contributed by atoms with Gasteiger partial charge in [-0.15, -0.1) is 12.4 Å². The molecule has 0 heterocycles. The second-order valence-electron chi connectivity index (χ2n) is 0.338. The summed E-state index contributed by atoms with van der Waals surface area (Å²) in [7, 11) is 0. The molecule has 0 aromatic heterocycles. The number of hydrogen-bond donors (Lipinski definition) is 2. The first-order valence-corrected chi connectivity index (χ1v) is 0.716. The molecule has 0 bridgehead atoms. The molecule has 0 atom stereocenters. The Kier molecular flexibility index (Phi) is 24.3. The summed E-state index contributed by atoms with van der Waals surface area (Å²) in [5.41, 5.74) is 4.03. The van der Waals surface area contributed by atoms with Crippen molar-refractivity contribution in [3.63, 3.8) is 0 Å². The van der Waals surface area contributed by atoms with E-state index in [9.17, 15) is 0 Å². The summed E-state index contributed by atoms with van der Waals surface area (Å²) in [6, 6.07) is 0. The zero-order chi connectivity index (χ0) is 3.58. The minimum absolute atomic E-state index is 0. The van der Waals surface area contributed by atoms with E-state index in [2.05, 4.69) is 5.73 Å². The molecule has 0 aliphatic carbocycles. The molecule has 3 nitrogen and oxygen atoms in total. The number of carboxylic acid groups (broad SMARTS) is 1. The molecule has 0 aliphatic heterocycles. The van der Waals surface area contributed by atoms with E-state index in [-0.39, 0.29) is 43.4 Å². The first-order valence-electron chi connectivity index (χ1n) is 0.716. The topological polar surface area (TPSA) is 63.3 Å². The van der Waals surface area contributed by atoms with E-state index in [1.54, 1.807) is 0 Å². The Morgan fingerprint density at radius 3 is 1.83 bits per heavy atom. The van der Waals surface area contributed by atoms with Gasteiger partial charge in [0.15, 0.2) is 0 Å². The van der Waals surface area contributed by atoms with Crippen LogP contribution < -0.4 is 35.3 Å². The molecule has 0 spiro atoms. The second kappa shape index (κ2) is 9.12. The number of carbonyl (C=O) groups is 1. The zero-order valence-electron chi connectivity index (χ0n) is 4.34. The molecular formula is CH5ClNNaO2. The van der Waals surface area contributed by atoms with Gasteiger partial charge in [0.05, 0.1) is 0 Å². The van der Waals surface area contributed by atoms with Gasteiger partial charge < -0.3 is 12.3 Å². The van der Waals surface area contributed by atoms with Crippen LogP contribution in [0.1, 0.15) is 1.43 Å². The van der Waals surface area contributed by atoms with Crippen LogP contribution in [-0.4, -0.2) is 11.2 Å². The maximum Gasteiger partial charge on any atom is 1.00 e. The van der Waals surface area contributed by atoms with Gasteiger partial charge in [-0.05, 0) is 0 Å². The summed E-state index contributed by atoms with van der Waals surface area (Å²) < 4.78 is 0. The molecule has 0 aromatic carbocycles. The van der Waals surface area contributed by atoms with E-state index in [1.165, 1.54) is 0 Å². The van der Waals surface area contributed by atoms with Gasteiger partial charge in [0, 0.05) is 0 Å². The molecular weight excluding hydrogens is 116 g/mol. The minimum atomic E-state index is -1.33. The molecule has 1 amide bonds. The quantitative estimate of drug-likeness (QED) is 0.339. The van der Waals surface area contributed by atoms with Crippen molar-refractivity contribution >= 4 is 18.5 Å². The summed E-state index contributed by atoms with van der Waals surface area (Å²) in [6.07, 6.45) is -1.33. The summed E-state index contributed by atoms with van der Waals surface area (Å²) in [5.74, 6) is 0. The number of hydrogen-bond acceptors (Lipinski definition) is 1. The molecule has 0 rings (SSSR count). The Morgan fingerprint density at radius 1 is 1.83 bits per heavy atom. The van der Waals surface area contributed by atoms with Crippen LogP contribution in [0.4, 0.5) is 4.79 Å². The van der Waals surface area contributed by atoms with Crippen molar-refractivity contribution in [2.24, 2.45) is 5.73 Å². The van der Waals surface area contributed by atoms with Gasteiger partial charge in [0.1, 0.15) is 0 Å². The largest absolute Gasteiger partial charge is 1.00 e. The van der Waals surface area contributed by atoms with Gasteiger partial charge in [-0.3, -0.25) is 0 Å². The van der Waals surface area contributed by atoms with Gasteiger partial charge in [-0.1, -0.05) is 0 Å². The SMILES string of the molecule is Cl.NC(=O)O.[H-].[Na+]. The normalized spacial score (nSPS) is 4.00. The monoisotopic (exact) mass is 121 g/mol.